The van der Waals surface area contributed by atoms with Crippen molar-refractivity contribution in [1.82, 2.24) is 10.3 Å². The number of amides is 1. The normalized spacial score (nSPS) is 12.2. The first kappa shape index (κ1) is 20.9. The number of carbonyl (C=O) groups excluding carboxylic acids is 1. The van der Waals surface area contributed by atoms with E-state index >= 15 is 0 Å². The molecule has 1 heterocycles. The van der Waals surface area contributed by atoms with Gasteiger partial charge in [0.25, 0.3) is 0 Å². The zero-order chi connectivity index (χ0) is 19.6. The van der Waals surface area contributed by atoms with Gasteiger partial charge in [-0.05, 0) is 30.2 Å². The van der Waals surface area contributed by atoms with Crippen molar-refractivity contribution in [2.24, 2.45) is 0 Å². The van der Waals surface area contributed by atoms with Crippen LogP contribution in [0.25, 0.3) is 10.9 Å². The van der Waals surface area contributed by atoms with E-state index in [9.17, 15) is 19.1 Å². The van der Waals surface area contributed by atoms with Crippen molar-refractivity contribution < 1.29 is 19.1 Å². The SMILES string of the molecule is CCCCCCCCCC(=O)NC(Cc1c[nH]c2ccc(F)cc12)C(=O)O. The van der Waals surface area contributed by atoms with Crippen molar-refractivity contribution in [2.75, 3.05) is 0 Å². The fourth-order valence-corrected chi connectivity index (χ4v) is 3.25. The van der Waals surface area contributed by atoms with E-state index in [0.29, 0.717) is 17.4 Å². The average molecular weight is 376 g/mol. The lowest BCUT2D eigenvalue weighted by atomic mass is 10.0. The zero-order valence-electron chi connectivity index (χ0n) is 15.9. The number of unbranched alkanes of at least 4 members (excludes halogenated alkanes) is 6. The monoisotopic (exact) mass is 376 g/mol. The zero-order valence-corrected chi connectivity index (χ0v) is 15.9. The first-order valence-electron chi connectivity index (χ1n) is 9.79. The van der Waals surface area contributed by atoms with Gasteiger partial charge in [0.15, 0.2) is 0 Å². The van der Waals surface area contributed by atoms with Crippen molar-refractivity contribution in [3.63, 3.8) is 0 Å². The van der Waals surface area contributed by atoms with Crippen LogP contribution in [0.1, 0.15) is 63.9 Å². The summed E-state index contributed by atoms with van der Waals surface area (Å²) in [6.07, 6.45) is 9.85. The fraction of sp³-hybridized carbons (Fsp3) is 0.524. The van der Waals surface area contributed by atoms with E-state index in [2.05, 4.69) is 17.2 Å². The number of aliphatic carboxylic acids is 1. The van der Waals surface area contributed by atoms with E-state index in [1.807, 2.05) is 0 Å². The predicted molar refractivity (Wildman–Crippen MR) is 104 cm³/mol. The molecule has 0 fully saturated rings. The van der Waals surface area contributed by atoms with E-state index in [1.54, 1.807) is 12.3 Å². The lowest BCUT2D eigenvalue weighted by Crippen LogP contribution is -2.42. The molecule has 3 N–H and O–H groups in total. The van der Waals surface area contributed by atoms with Crippen LogP contribution in [0.4, 0.5) is 4.39 Å². The summed E-state index contributed by atoms with van der Waals surface area (Å²) >= 11 is 0. The molecule has 1 aromatic heterocycles. The standard InChI is InChI=1S/C21H29FN2O3/c1-2-3-4-5-6-7-8-9-20(25)24-19(21(26)27)12-15-14-23-18-11-10-16(22)13-17(15)18/h10-11,13-14,19,23H,2-9,12H2,1H3,(H,24,25)(H,26,27). The highest BCUT2D eigenvalue weighted by atomic mass is 19.1. The largest absolute Gasteiger partial charge is 0.480 e. The van der Waals surface area contributed by atoms with Crippen LogP contribution < -0.4 is 5.32 Å². The van der Waals surface area contributed by atoms with Crippen molar-refractivity contribution in [3.05, 3.63) is 35.8 Å². The molecule has 0 bridgehead atoms. The van der Waals surface area contributed by atoms with Gasteiger partial charge in [0.05, 0.1) is 0 Å². The number of fused-ring (bicyclic) bond motifs is 1. The van der Waals surface area contributed by atoms with Crippen LogP contribution in [-0.4, -0.2) is 28.0 Å². The van der Waals surface area contributed by atoms with Gasteiger partial charge in [-0.25, -0.2) is 9.18 Å². The Bertz CT molecular complexity index is 757. The van der Waals surface area contributed by atoms with E-state index < -0.39 is 12.0 Å². The first-order valence-corrected chi connectivity index (χ1v) is 9.79. The minimum absolute atomic E-state index is 0.113. The minimum atomic E-state index is -1.09. The smallest absolute Gasteiger partial charge is 0.326 e. The molecule has 0 spiro atoms. The van der Waals surface area contributed by atoms with Gasteiger partial charge in [-0.3, -0.25) is 4.79 Å². The highest BCUT2D eigenvalue weighted by Gasteiger charge is 2.21. The van der Waals surface area contributed by atoms with E-state index in [1.165, 1.54) is 37.8 Å². The molecular weight excluding hydrogens is 347 g/mol. The van der Waals surface area contributed by atoms with Crippen molar-refractivity contribution >= 4 is 22.8 Å². The van der Waals surface area contributed by atoms with Gasteiger partial charge in [0.2, 0.25) is 5.91 Å². The van der Waals surface area contributed by atoms with Gasteiger partial charge in [0, 0.05) is 29.9 Å². The van der Waals surface area contributed by atoms with Crippen LogP contribution in [0.3, 0.4) is 0 Å². The highest BCUT2D eigenvalue weighted by Crippen LogP contribution is 2.21. The number of carbonyl (C=O) groups is 2. The third-order valence-electron chi connectivity index (χ3n) is 4.79. The van der Waals surface area contributed by atoms with Crippen LogP contribution in [-0.2, 0) is 16.0 Å². The Balaban J connectivity index is 1.83. The summed E-state index contributed by atoms with van der Waals surface area (Å²) in [5.74, 6) is -1.71. The quantitative estimate of drug-likeness (QED) is 0.475. The predicted octanol–water partition coefficient (Wildman–Crippen LogP) is 4.56. The van der Waals surface area contributed by atoms with Crippen LogP contribution in [0.2, 0.25) is 0 Å². The molecule has 0 radical (unpaired) electrons. The molecule has 2 rings (SSSR count). The molecule has 148 valence electrons. The van der Waals surface area contributed by atoms with Crippen molar-refractivity contribution in [3.8, 4) is 0 Å². The van der Waals surface area contributed by atoms with E-state index in [0.717, 1.165) is 24.8 Å². The summed E-state index contributed by atoms with van der Waals surface area (Å²) in [5.41, 5.74) is 1.41. The average Bonchev–Trinajstić information content (AvgIpc) is 3.02. The number of carboxylic acids is 1. The third-order valence-corrected chi connectivity index (χ3v) is 4.79. The highest BCUT2D eigenvalue weighted by molar-refractivity contribution is 5.86. The maximum atomic E-state index is 13.5. The summed E-state index contributed by atoms with van der Waals surface area (Å²) in [7, 11) is 0. The molecule has 27 heavy (non-hydrogen) atoms. The Labute approximate surface area is 159 Å². The Morgan fingerprint density at radius 1 is 1.15 bits per heavy atom. The van der Waals surface area contributed by atoms with Crippen molar-refractivity contribution in [2.45, 2.75) is 70.8 Å². The van der Waals surface area contributed by atoms with Crippen LogP contribution in [0.5, 0.6) is 0 Å². The molecule has 1 unspecified atom stereocenters. The molecule has 1 aromatic carbocycles. The number of hydrogen-bond donors (Lipinski definition) is 3. The lowest BCUT2D eigenvalue weighted by Gasteiger charge is -2.14. The van der Waals surface area contributed by atoms with Crippen LogP contribution in [0, 0.1) is 5.82 Å². The number of aromatic amines is 1. The second kappa shape index (κ2) is 10.7. The summed E-state index contributed by atoms with van der Waals surface area (Å²) in [4.78, 5) is 26.6. The third kappa shape index (κ3) is 6.70. The Morgan fingerprint density at radius 3 is 2.56 bits per heavy atom. The molecular formula is C21H29FN2O3. The Hall–Kier alpha value is -2.37. The maximum Gasteiger partial charge on any atom is 0.326 e. The molecule has 5 nitrogen and oxygen atoms in total. The first-order chi connectivity index (χ1) is 13.0. The van der Waals surface area contributed by atoms with Crippen LogP contribution >= 0.6 is 0 Å². The molecule has 0 saturated heterocycles. The number of nitrogens with one attached hydrogen (secondary N) is 2. The van der Waals surface area contributed by atoms with Crippen LogP contribution in [0.15, 0.2) is 24.4 Å². The second-order valence-electron chi connectivity index (χ2n) is 7.04. The number of carboxylic acid groups (broad SMARTS) is 1. The lowest BCUT2D eigenvalue weighted by molar-refractivity contribution is -0.141. The number of aromatic nitrogens is 1. The minimum Gasteiger partial charge on any atom is -0.480 e. The Kier molecular flexibility index (Phi) is 8.30. The van der Waals surface area contributed by atoms with E-state index in [4.69, 9.17) is 0 Å². The van der Waals surface area contributed by atoms with Crippen molar-refractivity contribution in [1.29, 1.82) is 0 Å². The number of rotatable bonds is 12. The summed E-state index contributed by atoms with van der Waals surface area (Å²) in [5, 5.41) is 12.7. The molecule has 0 aliphatic rings. The van der Waals surface area contributed by atoms with Gasteiger partial charge >= 0.3 is 5.97 Å². The van der Waals surface area contributed by atoms with Gasteiger partial charge in [-0.2, -0.15) is 0 Å². The van der Waals surface area contributed by atoms with Gasteiger partial charge in [0.1, 0.15) is 11.9 Å². The summed E-state index contributed by atoms with van der Waals surface area (Å²) in [6, 6.07) is 3.31. The Morgan fingerprint density at radius 2 is 1.85 bits per heavy atom. The number of benzene rings is 1. The van der Waals surface area contributed by atoms with E-state index in [-0.39, 0.29) is 18.1 Å². The summed E-state index contributed by atoms with van der Waals surface area (Å²) < 4.78 is 13.5. The molecule has 0 aliphatic carbocycles. The molecule has 0 aliphatic heterocycles. The van der Waals surface area contributed by atoms with Gasteiger partial charge in [-0.15, -0.1) is 0 Å². The number of H-pyrrole nitrogens is 1. The molecule has 0 saturated carbocycles. The van der Waals surface area contributed by atoms with Gasteiger partial charge in [-0.1, -0.05) is 45.4 Å². The molecule has 1 amide bonds. The molecule has 1 atom stereocenters. The number of halogens is 1. The maximum absolute atomic E-state index is 13.5. The fourth-order valence-electron chi connectivity index (χ4n) is 3.25. The van der Waals surface area contributed by atoms with Gasteiger partial charge < -0.3 is 15.4 Å². The topological polar surface area (TPSA) is 82.2 Å². The molecule has 2 aromatic rings. The number of hydrogen-bond acceptors (Lipinski definition) is 2. The molecule has 6 heteroatoms. The second-order valence-corrected chi connectivity index (χ2v) is 7.04. The summed E-state index contributed by atoms with van der Waals surface area (Å²) in [6.45, 7) is 2.18.